The highest BCUT2D eigenvalue weighted by molar-refractivity contribution is 9.10. The number of hydrogen-bond acceptors (Lipinski definition) is 2. The zero-order chi connectivity index (χ0) is 14.8. The Balaban J connectivity index is 2.07. The zero-order valence-electron chi connectivity index (χ0n) is 10.8. The van der Waals surface area contributed by atoms with Crippen molar-refractivity contribution in [1.29, 1.82) is 5.26 Å². The third-order valence-corrected chi connectivity index (χ3v) is 3.93. The average molecular weight is 342 g/mol. The summed E-state index contributed by atoms with van der Waals surface area (Å²) in [5.41, 5.74) is 0.162. The highest BCUT2D eigenvalue weighted by Gasteiger charge is 2.10. The molecule has 102 valence electrons. The number of nitrogens with zero attached hydrogens (tertiary/aromatic N) is 1. The van der Waals surface area contributed by atoms with Gasteiger partial charge in [-0.15, -0.1) is 0 Å². The molecule has 0 bridgehead atoms. The van der Waals surface area contributed by atoms with Gasteiger partial charge in [0, 0.05) is 0 Å². The van der Waals surface area contributed by atoms with Crippen LogP contribution >= 0.6 is 15.9 Å². The third-order valence-electron chi connectivity index (χ3n) is 3.11. The standard InChI is InChI=1S/C17H9BrFNO/c18-17-14-4-2-1-3-11(14)5-7-16(17)21-15-8-6-13(19)9-12(15)10-20/h1-9H. The Morgan fingerprint density at radius 1 is 1.00 bits per heavy atom. The quantitative estimate of drug-likeness (QED) is 0.624. The Kier molecular flexibility index (Phi) is 3.59. The van der Waals surface area contributed by atoms with Crippen LogP contribution in [0.15, 0.2) is 59.1 Å². The Morgan fingerprint density at radius 3 is 2.57 bits per heavy atom. The molecule has 0 spiro atoms. The second-order valence-corrected chi connectivity index (χ2v) is 5.25. The average Bonchev–Trinajstić information content (AvgIpc) is 2.51. The molecule has 0 aliphatic carbocycles. The van der Waals surface area contributed by atoms with Crippen LogP contribution in [-0.4, -0.2) is 0 Å². The smallest absolute Gasteiger partial charge is 0.145 e. The minimum absolute atomic E-state index is 0.162. The van der Waals surface area contributed by atoms with E-state index in [2.05, 4.69) is 15.9 Å². The summed E-state index contributed by atoms with van der Waals surface area (Å²) >= 11 is 3.52. The molecule has 0 atom stereocenters. The molecule has 0 aliphatic rings. The van der Waals surface area contributed by atoms with Gasteiger partial charge in [-0.05, 0) is 51.0 Å². The van der Waals surface area contributed by atoms with Crippen LogP contribution in [-0.2, 0) is 0 Å². The fourth-order valence-electron chi connectivity index (χ4n) is 2.09. The first-order valence-corrected chi connectivity index (χ1v) is 7.03. The van der Waals surface area contributed by atoms with Crippen molar-refractivity contribution in [3.8, 4) is 17.6 Å². The van der Waals surface area contributed by atoms with E-state index >= 15 is 0 Å². The van der Waals surface area contributed by atoms with Gasteiger partial charge in [0.15, 0.2) is 0 Å². The molecule has 2 nitrogen and oxygen atoms in total. The molecule has 3 aromatic carbocycles. The monoisotopic (exact) mass is 341 g/mol. The van der Waals surface area contributed by atoms with Crippen molar-refractivity contribution < 1.29 is 9.13 Å². The lowest BCUT2D eigenvalue weighted by molar-refractivity contribution is 0.477. The molecule has 0 fully saturated rings. The summed E-state index contributed by atoms with van der Waals surface area (Å²) in [6.07, 6.45) is 0. The van der Waals surface area contributed by atoms with Crippen molar-refractivity contribution in [2.45, 2.75) is 0 Å². The SMILES string of the molecule is N#Cc1cc(F)ccc1Oc1ccc2ccccc2c1Br. The van der Waals surface area contributed by atoms with Crippen molar-refractivity contribution in [3.05, 3.63) is 70.5 Å². The van der Waals surface area contributed by atoms with Gasteiger partial charge >= 0.3 is 0 Å². The van der Waals surface area contributed by atoms with E-state index in [9.17, 15) is 4.39 Å². The van der Waals surface area contributed by atoms with Gasteiger partial charge in [0.25, 0.3) is 0 Å². The van der Waals surface area contributed by atoms with Crippen LogP contribution in [0, 0.1) is 17.1 Å². The number of nitriles is 1. The molecule has 3 aromatic rings. The second-order valence-electron chi connectivity index (χ2n) is 4.45. The molecular formula is C17H9BrFNO. The van der Waals surface area contributed by atoms with Crippen molar-refractivity contribution in [2.75, 3.05) is 0 Å². The van der Waals surface area contributed by atoms with Crippen molar-refractivity contribution in [2.24, 2.45) is 0 Å². The summed E-state index contributed by atoms with van der Waals surface area (Å²) in [4.78, 5) is 0. The molecular weight excluding hydrogens is 333 g/mol. The minimum Gasteiger partial charge on any atom is -0.455 e. The van der Waals surface area contributed by atoms with E-state index in [-0.39, 0.29) is 5.56 Å². The van der Waals surface area contributed by atoms with Gasteiger partial charge in [0.1, 0.15) is 23.4 Å². The Hall–Kier alpha value is -2.38. The van der Waals surface area contributed by atoms with Gasteiger partial charge in [-0.2, -0.15) is 5.26 Å². The topological polar surface area (TPSA) is 33.0 Å². The highest BCUT2D eigenvalue weighted by atomic mass is 79.9. The van der Waals surface area contributed by atoms with E-state index in [0.717, 1.165) is 21.3 Å². The maximum atomic E-state index is 13.1. The number of ether oxygens (including phenoxy) is 1. The molecule has 0 aromatic heterocycles. The first kappa shape index (κ1) is 13.6. The summed E-state index contributed by atoms with van der Waals surface area (Å²) in [5.74, 6) is 0.447. The molecule has 21 heavy (non-hydrogen) atoms. The normalized spacial score (nSPS) is 10.3. The number of hydrogen-bond donors (Lipinski definition) is 0. The number of benzene rings is 3. The highest BCUT2D eigenvalue weighted by Crippen LogP contribution is 2.36. The number of fused-ring (bicyclic) bond motifs is 1. The molecule has 0 aliphatic heterocycles. The minimum atomic E-state index is -0.462. The fourth-order valence-corrected chi connectivity index (χ4v) is 2.66. The van der Waals surface area contributed by atoms with Gasteiger partial charge in [-0.3, -0.25) is 0 Å². The van der Waals surface area contributed by atoms with Crippen LogP contribution in [0.5, 0.6) is 11.5 Å². The van der Waals surface area contributed by atoms with Crippen LogP contribution in [0.25, 0.3) is 10.8 Å². The van der Waals surface area contributed by atoms with E-state index in [1.165, 1.54) is 12.1 Å². The van der Waals surface area contributed by atoms with Crippen molar-refractivity contribution in [3.63, 3.8) is 0 Å². The first-order valence-electron chi connectivity index (χ1n) is 6.24. The van der Waals surface area contributed by atoms with E-state index < -0.39 is 5.82 Å². The predicted molar refractivity (Wildman–Crippen MR) is 82.8 cm³/mol. The summed E-state index contributed by atoms with van der Waals surface area (Å²) in [6.45, 7) is 0. The van der Waals surface area contributed by atoms with E-state index in [1.54, 1.807) is 0 Å². The molecule has 0 heterocycles. The van der Waals surface area contributed by atoms with Crippen LogP contribution in [0.3, 0.4) is 0 Å². The molecule has 3 rings (SSSR count). The lowest BCUT2D eigenvalue weighted by Gasteiger charge is -2.11. The summed E-state index contributed by atoms with van der Waals surface area (Å²) in [5, 5.41) is 11.1. The lowest BCUT2D eigenvalue weighted by atomic mass is 10.1. The Labute approximate surface area is 129 Å². The van der Waals surface area contributed by atoms with Crippen molar-refractivity contribution in [1.82, 2.24) is 0 Å². The van der Waals surface area contributed by atoms with E-state index in [1.807, 2.05) is 42.5 Å². The molecule has 0 N–H and O–H groups in total. The maximum Gasteiger partial charge on any atom is 0.145 e. The van der Waals surface area contributed by atoms with Crippen LogP contribution < -0.4 is 4.74 Å². The molecule has 0 radical (unpaired) electrons. The van der Waals surface area contributed by atoms with E-state index in [4.69, 9.17) is 10.00 Å². The molecule has 0 saturated carbocycles. The van der Waals surface area contributed by atoms with E-state index in [0.29, 0.717) is 11.5 Å². The first-order chi connectivity index (χ1) is 10.2. The van der Waals surface area contributed by atoms with Gasteiger partial charge in [0.05, 0.1) is 10.0 Å². The summed E-state index contributed by atoms with van der Waals surface area (Å²) in [6, 6.07) is 17.4. The Bertz CT molecular complexity index is 870. The van der Waals surface area contributed by atoms with Gasteiger partial charge < -0.3 is 4.74 Å². The Morgan fingerprint density at radius 2 is 1.76 bits per heavy atom. The van der Waals surface area contributed by atoms with Crippen LogP contribution in [0.4, 0.5) is 4.39 Å². The third kappa shape index (κ3) is 2.61. The van der Waals surface area contributed by atoms with Gasteiger partial charge in [0.2, 0.25) is 0 Å². The van der Waals surface area contributed by atoms with Gasteiger partial charge in [-0.1, -0.05) is 30.3 Å². The van der Waals surface area contributed by atoms with Gasteiger partial charge in [-0.25, -0.2) is 4.39 Å². The summed E-state index contributed by atoms with van der Waals surface area (Å²) < 4.78 is 19.7. The van der Waals surface area contributed by atoms with Crippen molar-refractivity contribution >= 4 is 26.7 Å². The molecule has 0 saturated heterocycles. The lowest BCUT2D eigenvalue weighted by Crippen LogP contribution is -1.91. The summed E-state index contributed by atoms with van der Waals surface area (Å²) in [7, 11) is 0. The molecule has 0 amide bonds. The molecule has 0 unspecified atom stereocenters. The number of rotatable bonds is 2. The largest absolute Gasteiger partial charge is 0.455 e. The van der Waals surface area contributed by atoms with Crippen LogP contribution in [0.1, 0.15) is 5.56 Å². The second kappa shape index (κ2) is 5.55. The predicted octanol–water partition coefficient (Wildman–Crippen LogP) is 5.41. The maximum absolute atomic E-state index is 13.1. The van der Waals surface area contributed by atoms with Crippen LogP contribution in [0.2, 0.25) is 0 Å². The molecule has 4 heteroatoms. The zero-order valence-corrected chi connectivity index (χ0v) is 12.4. The fraction of sp³-hybridized carbons (Fsp3) is 0. The number of halogens is 2.